The minimum absolute atomic E-state index is 0.229. The largest absolute Gasteiger partial charge is 0.383 e. The number of amides is 1. The van der Waals surface area contributed by atoms with Crippen molar-refractivity contribution >= 4 is 28.8 Å². The van der Waals surface area contributed by atoms with E-state index < -0.39 is 0 Å². The number of aromatic nitrogens is 1. The molecule has 0 bridgehead atoms. The molecule has 0 unspecified atom stereocenters. The molecule has 0 fully saturated rings. The van der Waals surface area contributed by atoms with Gasteiger partial charge in [-0.1, -0.05) is 24.3 Å². The van der Waals surface area contributed by atoms with Crippen molar-refractivity contribution in [2.24, 2.45) is 0 Å². The summed E-state index contributed by atoms with van der Waals surface area (Å²) in [6, 6.07) is 11.8. The van der Waals surface area contributed by atoms with E-state index in [1.54, 1.807) is 6.07 Å². The Kier molecular flexibility index (Phi) is 7.08. The second-order valence-corrected chi connectivity index (χ2v) is 7.20. The first kappa shape index (κ1) is 21.4. The minimum atomic E-state index is -0.317. The van der Waals surface area contributed by atoms with Gasteiger partial charge in [0.1, 0.15) is 17.9 Å². The van der Waals surface area contributed by atoms with E-state index in [2.05, 4.69) is 15.2 Å². The number of anilines is 1. The van der Waals surface area contributed by atoms with E-state index in [0.717, 1.165) is 30.4 Å². The monoisotopic (exact) mass is 408 g/mol. The van der Waals surface area contributed by atoms with Gasteiger partial charge in [0.15, 0.2) is 0 Å². The summed E-state index contributed by atoms with van der Waals surface area (Å²) in [5.74, 6) is -0.232. The second kappa shape index (κ2) is 9.93. The van der Waals surface area contributed by atoms with Crippen molar-refractivity contribution in [2.75, 3.05) is 32.4 Å². The average Bonchev–Trinajstić information content (AvgIpc) is 2.74. The van der Waals surface area contributed by atoms with Crippen LogP contribution < -0.4 is 11.1 Å². The molecular formula is C23H25FN4O2. The molecule has 3 aromatic rings. The maximum atomic E-state index is 13.6. The van der Waals surface area contributed by atoms with Crippen molar-refractivity contribution < 1.29 is 14.0 Å². The maximum absolute atomic E-state index is 13.6. The first-order chi connectivity index (χ1) is 14.5. The molecule has 0 aliphatic rings. The number of fused-ring (bicyclic) bond motifs is 1. The lowest BCUT2D eigenvalue weighted by molar-refractivity contribution is -0.108. The summed E-state index contributed by atoms with van der Waals surface area (Å²) in [4.78, 5) is 29.3. The molecule has 156 valence electrons. The molecule has 7 heteroatoms. The molecule has 0 radical (unpaired) electrons. The van der Waals surface area contributed by atoms with Crippen LogP contribution in [0.2, 0.25) is 0 Å². The van der Waals surface area contributed by atoms with Gasteiger partial charge in [0.2, 0.25) is 0 Å². The van der Waals surface area contributed by atoms with E-state index in [0.29, 0.717) is 41.7 Å². The number of nitrogen functional groups attached to an aromatic ring is 1. The smallest absolute Gasteiger partial charge is 0.253 e. The van der Waals surface area contributed by atoms with Gasteiger partial charge < -0.3 is 20.7 Å². The van der Waals surface area contributed by atoms with E-state index in [1.807, 2.05) is 31.3 Å². The van der Waals surface area contributed by atoms with Crippen LogP contribution >= 0.6 is 0 Å². The number of nitrogens with one attached hydrogen (secondary N) is 1. The van der Waals surface area contributed by atoms with Crippen LogP contribution in [0.3, 0.4) is 0 Å². The highest BCUT2D eigenvalue weighted by atomic mass is 19.1. The minimum Gasteiger partial charge on any atom is -0.383 e. The lowest BCUT2D eigenvalue weighted by atomic mass is 9.99. The van der Waals surface area contributed by atoms with Crippen molar-refractivity contribution in [1.82, 2.24) is 15.2 Å². The molecule has 30 heavy (non-hydrogen) atoms. The highest BCUT2D eigenvalue weighted by Gasteiger charge is 2.14. The average molecular weight is 408 g/mol. The third kappa shape index (κ3) is 5.18. The zero-order chi connectivity index (χ0) is 21.5. The van der Waals surface area contributed by atoms with Gasteiger partial charge in [-0.3, -0.25) is 4.79 Å². The van der Waals surface area contributed by atoms with Crippen molar-refractivity contribution in [1.29, 1.82) is 0 Å². The Hall–Kier alpha value is -3.32. The summed E-state index contributed by atoms with van der Waals surface area (Å²) < 4.78 is 13.6. The van der Waals surface area contributed by atoms with Gasteiger partial charge in [-0.25, -0.2) is 9.37 Å². The molecule has 6 nitrogen and oxygen atoms in total. The van der Waals surface area contributed by atoms with Crippen LogP contribution in [-0.2, 0) is 4.79 Å². The Bertz CT molecular complexity index is 1050. The van der Waals surface area contributed by atoms with Gasteiger partial charge in [0, 0.05) is 31.1 Å². The molecule has 0 saturated carbocycles. The number of aldehydes is 1. The Balaban J connectivity index is 1.75. The molecule has 0 aliphatic heterocycles. The first-order valence-electron chi connectivity index (χ1n) is 9.84. The fourth-order valence-electron chi connectivity index (χ4n) is 3.30. The summed E-state index contributed by atoms with van der Waals surface area (Å²) in [5.41, 5.74) is 8.01. The summed E-state index contributed by atoms with van der Waals surface area (Å²) in [7, 11) is 1.95. The number of rotatable bonds is 9. The van der Waals surface area contributed by atoms with Crippen LogP contribution in [0.25, 0.3) is 21.9 Å². The van der Waals surface area contributed by atoms with E-state index in [4.69, 9.17) is 5.73 Å². The molecule has 1 heterocycles. The van der Waals surface area contributed by atoms with Crippen LogP contribution in [0.5, 0.6) is 0 Å². The van der Waals surface area contributed by atoms with Gasteiger partial charge in [-0.05, 0) is 54.7 Å². The zero-order valence-corrected chi connectivity index (χ0v) is 16.9. The summed E-state index contributed by atoms with van der Waals surface area (Å²) >= 11 is 0. The predicted octanol–water partition coefficient (Wildman–Crippen LogP) is 3.26. The van der Waals surface area contributed by atoms with Crippen LogP contribution in [0.15, 0.2) is 48.7 Å². The number of carbonyl (C=O) groups is 2. The molecule has 0 saturated heterocycles. The fourth-order valence-corrected chi connectivity index (χ4v) is 3.30. The van der Waals surface area contributed by atoms with Gasteiger partial charge in [-0.2, -0.15) is 0 Å². The number of nitrogens with two attached hydrogens (primary N) is 1. The first-order valence-corrected chi connectivity index (χ1v) is 9.84. The molecule has 1 aromatic heterocycles. The predicted molar refractivity (Wildman–Crippen MR) is 117 cm³/mol. The van der Waals surface area contributed by atoms with E-state index in [-0.39, 0.29) is 11.7 Å². The van der Waals surface area contributed by atoms with Crippen molar-refractivity contribution in [3.05, 3.63) is 60.0 Å². The highest BCUT2D eigenvalue weighted by molar-refractivity contribution is 6.09. The molecular weight excluding hydrogens is 383 g/mol. The van der Waals surface area contributed by atoms with Crippen molar-refractivity contribution in [3.8, 4) is 11.1 Å². The zero-order valence-electron chi connectivity index (χ0n) is 16.9. The van der Waals surface area contributed by atoms with Crippen LogP contribution in [0.1, 0.15) is 23.2 Å². The molecule has 0 spiro atoms. The lowest BCUT2D eigenvalue weighted by Gasteiger charge is -2.16. The van der Waals surface area contributed by atoms with Gasteiger partial charge in [0.25, 0.3) is 5.91 Å². The summed E-state index contributed by atoms with van der Waals surface area (Å²) in [6.45, 7) is 1.95. The van der Waals surface area contributed by atoms with E-state index in [1.165, 1.54) is 18.3 Å². The van der Waals surface area contributed by atoms with Crippen LogP contribution in [-0.4, -0.2) is 48.8 Å². The van der Waals surface area contributed by atoms with Gasteiger partial charge in [-0.15, -0.1) is 0 Å². The number of unbranched alkanes of at least 4 members (excludes halogenated alkanes) is 1. The SMILES string of the molecule is CN(CCCC=O)CCNC(=O)c1cnc(N)c2cc(-c3cccc(F)c3)ccc12. The van der Waals surface area contributed by atoms with Gasteiger partial charge in [0.05, 0.1) is 5.56 Å². The third-order valence-corrected chi connectivity index (χ3v) is 4.96. The number of likely N-dealkylation sites (N-methyl/N-ethyl adjacent to an activating group) is 1. The highest BCUT2D eigenvalue weighted by Crippen LogP contribution is 2.29. The summed E-state index contributed by atoms with van der Waals surface area (Å²) in [6.07, 6.45) is 3.72. The lowest BCUT2D eigenvalue weighted by Crippen LogP contribution is -2.33. The molecule has 3 N–H and O–H groups in total. The number of pyridine rings is 1. The Morgan fingerprint density at radius 1 is 1.17 bits per heavy atom. The third-order valence-electron chi connectivity index (χ3n) is 4.96. The van der Waals surface area contributed by atoms with Crippen molar-refractivity contribution in [3.63, 3.8) is 0 Å². The number of hydrogen-bond donors (Lipinski definition) is 2. The maximum Gasteiger partial charge on any atom is 0.253 e. The Morgan fingerprint density at radius 3 is 2.73 bits per heavy atom. The molecule has 0 atom stereocenters. The number of halogens is 1. The molecule has 2 aromatic carbocycles. The summed E-state index contributed by atoms with van der Waals surface area (Å²) in [5, 5.41) is 4.25. The van der Waals surface area contributed by atoms with E-state index in [9.17, 15) is 14.0 Å². The molecule has 3 rings (SSSR count). The normalized spacial score (nSPS) is 11.0. The van der Waals surface area contributed by atoms with E-state index >= 15 is 0 Å². The number of hydrogen-bond acceptors (Lipinski definition) is 5. The molecule has 1 amide bonds. The fraction of sp³-hybridized carbons (Fsp3) is 0.261. The number of carbonyl (C=O) groups excluding carboxylic acids is 2. The number of nitrogens with zero attached hydrogens (tertiary/aromatic N) is 2. The van der Waals surface area contributed by atoms with Crippen molar-refractivity contribution in [2.45, 2.75) is 12.8 Å². The van der Waals surface area contributed by atoms with Gasteiger partial charge >= 0.3 is 0 Å². The molecule has 0 aliphatic carbocycles. The van der Waals surface area contributed by atoms with Crippen LogP contribution in [0, 0.1) is 5.82 Å². The standard InChI is InChI=1S/C23H25FN4O2/c1-28(10-2-3-12-29)11-9-26-23(30)21-15-27-22(25)20-14-17(7-8-19(20)21)16-5-4-6-18(24)13-16/h4-8,12-15H,2-3,9-11H2,1H3,(H2,25,27)(H,26,30). The van der Waals surface area contributed by atoms with Crippen LogP contribution in [0.4, 0.5) is 10.2 Å². The Morgan fingerprint density at radius 2 is 1.97 bits per heavy atom. The topological polar surface area (TPSA) is 88.3 Å². The quantitative estimate of drug-likeness (QED) is 0.419. The second-order valence-electron chi connectivity index (χ2n) is 7.20. The number of benzene rings is 2. The Labute approximate surface area is 174 Å².